The van der Waals surface area contributed by atoms with Gasteiger partial charge in [0, 0.05) is 0 Å². The largest absolute Gasteiger partial charge is 0.492 e. The smallest absolute Gasteiger partial charge is 0.488 e. The molecule has 1 aromatic rings. The summed E-state index contributed by atoms with van der Waals surface area (Å²) in [7, 11) is -1.50. The fraction of sp³-hybridized carbons (Fsp3) is 0.400. The molecule has 0 bridgehead atoms. The summed E-state index contributed by atoms with van der Waals surface area (Å²) in [6, 6.07) is 4.70. The minimum Gasteiger partial charge on any atom is -0.492 e. The summed E-state index contributed by atoms with van der Waals surface area (Å²) in [5, 5.41) is 18.2. The van der Waals surface area contributed by atoms with Gasteiger partial charge >= 0.3 is 7.12 Å². The van der Waals surface area contributed by atoms with Gasteiger partial charge in [0.05, 0.1) is 11.6 Å². The quantitative estimate of drug-likeness (QED) is 0.758. The van der Waals surface area contributed by atoms with Gasteiger partial charge in [-0.2, -0.15) is 0 Å². The highest BCUT2D eigenvalue weighted by atomic mass is 35.5. The van der Waals surface area contributed by atoms with Crippen LogP contribution in [0.5, 0.6) is 5.75 Å². The molecule has 3 nitrogen and oxygen atoms in total. The maximum Gasteiger partial charge on any atom is 0.488 e. The summed E-state index contributed by atoms with van der Waals surface area (Å²) >= 11 is 5.91. The van der Waals surface area contributed by atoms with Crippen molar-refractivity contribution in [3.05, 3.63) is 23.2 Å². The van der Waals surface area contributed by atoms with Crippen molar-refractivity contribution in [2.45, 2.75) is 13.8 Å². The first kappa shape index (κ1) is 12.4. The molecule has 0 heterocycles. The van der Waals surface area contributed by atoms with E-state index in [9.17, 15) is 0 Å². The molecule has 15 heavy (non-hydrogen) atoms. The van der Waals surface area contributed by atoms with Gasteiger partial charge in [-0.1, -0.05) is 31.5 Å². The molecule has 0 saturated carbocycles. The summed E-state index contributed by atoms with van der Waals surface area (Å²) in [6.07, 6.45) is 0. The summed E-state index contributed by atoms with van der Waals surface area (Å²) < 4.78 is 5.44. The lowest BCUT2D eigenvalue weighted by Gasteiger charge is -2.11. The van der Waals surface area contributed by atoms with E-state index in [2.05, 4.69) is 0 Å². The van der Waals surface area contributed by atoms with Crippen LogP contribution < -0.4 is 10.2 Å². The number of benzene rings is 1. The Balaban J connectivity index is 2.75. The predicted octanol–water partition coefficient (Wildman–Crippen LogP) is 1.05. The summed E-state index contributed by atoms with van der Waals surface area (Å²) in [6.45, 7) is 4.67. The average molecular weight is 228 g/mol. The van der Waals surface area contributed by atoms with Gasteiger partial charge in [-0.05, 0) is 23.5 Å². The number of halogens is 1. The van der Waals surface area contributed by atoms with E-state index < -0.39 is 7.12 Å². The number of rotatable bonds is 4. The Labute approximate surface area is 94.8 Å². The monoisotopic (exact) mass is 228 g/mol. The molecule has 82 valence electrons. The molecule has 0 aliphatic heterocycles. The predicted molar refractivity (Wildman–Crippen MR) is 61.6 cm³/mol. The Bertz CT molecular complexity index is 328. The van der Waals surface area contributed by atoms with Crippen LogP contribution >= 0.6 is 11.6 Å². The zero-order chi connectivity index (χ0) is 11.4. The molecule has 2 N–H and O–H groups in total. The van der Waals surface area contributed by atoms with E-state index in [1.807, 2.05) is 13.8 Å². The first-order valence-electron chi connectivity index (χ1n) is 4.79. The van der Waals surface area contributed by atoms with Crippen molar-refractivity contribution in [2.75, 3.05) is 6.61 Å². The van der Waals surface area contributed by atoms with Crippen molar-refractivity contribution in [2.24, 2.45) is 5.92 Å². The van der Waals surface area contributed by atoms with Crippen LogP contribution in [0.15, 0.2) is 18.2 Å². The van der Waals surface area contributed by atoms with Gasteiger partial charge in [0.1, 0.15) is 5.75 Å². The fourth-order valence-electron chi connectivity index (χ4n) is 1.05. The molecule has 0 saturated heterocycles. The van der Waals surface area contributed by atoms with E-state index in [4.69, 9.17) is 26.4 Å². The Morgan fingerprint density at radius 1 is 1.40 bits per heavy atom. The number of hydrogen-bond acceptors (Lipinski definition) is 3. The van der Waals surface area contributed by atoms with Gasteiger partial charge in [0.15, 0.2) is 0 Å². The van der Waals surface area contributed by atoms with Crippen LogP contribution in [0.4, 0.5) is 0 Å². The average Bonchev–Trinajstić information content (AvgIpc) is 2.15. The Morgan fingerprint density at radius 2 is 2.07 bits per heavy atom. The van der Waals surface area contributed by atoms with Gasteiger partial charge < -0.3 is 14.8 Å². The van der Waals surface area contributed by atoms with Crippen LogP contribution in [0, 0.1) is 5.92 Å². The Kier molecular flexibility index (Phi) is 4.45. The lowest BCUT2D eigenvalue weighted by molar-refractivity contribution is 0.271. The molecule has 0 radical (unpaired) electrons. The van der Waals surface area contributed by atoms with Crippen molar-refractivity contribution in [3.63, 3.8) is 0 Å². The van der Waals surface area contributed by atoms with Crippen molar-refractivity contribution in [1.29, 1.82) is 0 Å². The van der Waals surface area contributed by atoms with Gasteiger partial charge in [0.25, 0.3) is 0 Å². The lowest BCUT2D eigenvalue weighted by atomic mass is 9.80. The molecule has 0 unspecified atom stereocenters. The van der Waals surface area contributed by atoms with Crippen LogP contribution in [0.1, 0.15) is 13.8 Å². The second kappa shape index (κ2) is 5.40. The molecule has 0 aromatic heterocycles. The fourth-order valence-corrected chi connectivity index (χ4v) is 1.29. The van der Waals surface area contributed by atoms with Crippen molar-refractivity contribution >= 4 is 24.2 Å². The normalized spacial score (nSPS) is 10.5. The SMILES string of the molecule is CC(C)COc1ccc(B(O)O)cc1Cl. The zero-order valence-corrected chi connectivity index (χ0v) is 9.53. The Hall–Kier alpha value is -0.705. The van der Waals surface area contributed by atoms with Crippen LogP contribution in [0.25, 0.3) is 0 Å². The maximum atomic E-state index is 8.91. The highest BCUT2D eigenvalue weighted by Crippen LogP contribution is 2.22. The first-order valence-corrected chi connectivity index (χ1v) is 5.17. The molecule has 0 atom stereocenters. The molecule has 0 fully saturated rings. The topological polar surface area (TPSA) is 49.7 Å². The van der Waals surface area contributed by atoms with Crippen molar-refractivity contribution < 1.29 is 14.8 Å². The van der Waals surface area contributed by atoms with E-state index in [-0.39, 0.29) is 0 Å². The molecule has 1 aromatic carbocycles. The molecule has 1 rings (SSSR count). The highest BCUT2D eigenvalue weighted by Gasteiger charge is 2.13. The van der Waals surface area contributed by atoms with Crippen molar-refractivity contribution in [1.82, 2.24) is 0 Å². The molecular formula is C10H14BClO3. The van der Waals surface area contributed by atoms with Crippen LogP contribution in [-0.4, -0.2) is 23.8 Å². The molecule has 0 aliphatic carbocycles. The molecular weight excluding hydrogens is 214 g/mol. The zero-order valence-electron chi connectivity index (χ0n) is 8.77. The van der Waals surface area contributed by atoms with E-state index >= 15 is 0 Å². The van der Waals surface area contributed by atoms with Crippen LogP contribution in [0.2, 0.25) is 5.02 Å². The summed E-state index contributed by atoms with van der Waals surface area (Å²) in [4.78, 5) is 0. The highest BCUT2D eigenvalue weighted by molar-refractivity contribution is 6.59. The van der Waals surface area contributed by atoms with Crippen molar-refractivity contribution in [3.8, 4) is 5.75 Å². The van der Waals surface area contributed by atoms with E-state index in [1.165, 1.54) is 6.07 Å². The number of hydrogen-bond donors (Lipinski definition) is 2. The van der Waals surface area contributed by atoms with Gasteiger partial charge in [0.2, 0.25) is 0 Å². The van der Waals surface area contributed by atoms with Gasteiger partial charge in [-0.3, -0.25) is 0 Å². The molecule has 0 amide bonds. The first-order chi connectivity index (χ1) is 7.00. The molecule has 0 aliphatic rings. The number of ether oxygens (including phenoxy) is 1. The summed E-state index contributed by atoms with van der Waals surface area (Å²) in [5.41, 5.74) is 0.358. The minimum absolute atomic E-state index is 0.358. The molecule has 5 heteroatoms. The minimum atomic E-state index is -1.50. The Morgan fingerprint density at radius 3 is 2.53 bits per heavy atom. The van der Waals surface area contributed by atoms with E-state index in [1.54, 1.807) is 12.1 Å². The summed E-state index contributed by atoms with van der Waals surface area (Å²) in [5.74, 6) is 0.985. The van der Waals surface area contributed by atoms with E-state index in [0.29, 0.717) is 28.8 Å². The second-order valence-electron chi connectivity index (χ2n) is 3.77. The van der Waals surface area contributed by atoms with Gasteiger partial charge in [-0.25, -0.2) is 0 Å². The second-order valence-corrected chi connectivity index (χ2v) is 4.18. The van der Waals surface area contributed by atoms with E-state index in [0.717, 1.165) is 0 Å². The van der Waals surface area contributed by atoms with Gasteiger partial charge in [-0.15, -0.1) is 0 Å². The third kappa shape index (κ3) is 3.74. The molecule has 0 spiro atoms. The standard InChI is InChI=1S/C10H14BClO3/c1-7(2)6-15-10-4-3-8(11(13)14)5-9(10)12/h3-5,7,13-14H,6H2,1-2H3. The third-order valence-electron chi connectivity index (χ3n) is 1.83. The lowest BCUT2D eigenvalue weighted by Crippen LogP contribution is -2.29. The maximum absolute atomic E-state index is 8.91. The van der Waals surface area contributed by atoms with Crippen LogP contribution in [-0.2, 0) is 0 Å². The van der Waals surface area contributed by atoms with Crippen LogP contribution in [0.3, 0.4) is 0 Å². The third-order valence-corrected chi connectivity index (χ3v) is 2.12.